The molecule has 0 aliphatic carbocycles. The molecule has 0 spiro atoms. The van der Waals surface area contributed by atoms with E-state index in [-0.39, 0.29) is 12.4 Å². The van der Waals surface area contributed by atoms with Gasteiger partial charge in [-0.25, -0.2) is 0 Å². The van der Waals surface area contributed by atoms with Gasteiger partial charge in [0.1, 0.15) is 5.75 Å². The second kappa shape index (κ2) is 6.57. The summed E-state index contributed by atoms with van der Waals surface area (Å²) in [5.74, 6) is -0.242. The van der Waals surface area contributed by atoms with E-state index in [9.17, 15) is 13.2 Å². The van der Waals surface area contributed by atoms with Gasteiger partial charge in [0.05, 0.1) is 5.52 Å². The zero-order valence-corrected chi connectivity index (χ0v) is 12.7. The lowest BCUT2D eigenvalue weighted by Crippen LogP contribution is -2.16. The number of hydrogen-bond donors (Lipinski definition) is 2. The van der Waals surface area contributed by atoms with Crippen molar-refractivity contribution >= 4 is 10.9 Å². The van der Waals surface area contributed by atoms with Crippen LogP contribution < -0.4 is 4.74 Å². The first-order valence-electron chi connectivity index (χ1n) is 7.54. The summed E-state index contributed by atoms with van der Waals surface area (Å²) < 4.78 is 40.6. The van der Waals surface area contributed by atoms with Crippen molar-refractivity contribution < 1.29 is 23.0 Å². The van der Waals surface area contributed by atoms with Crippen LogP contribution in [0.4, 0.5) is 13.2 Å². The van der Waals surface area contributed by atoms with E-state index in [1.54, 1.807) is 12.1 Å². The minimum absolute atomic E-state index is 0.128. The molecule has 2 N–H and O–H groups in total. The standard InChI is InChI=1S/C18H16F3NO2/c19-18(20,21)24-15-8-6-12(7-9-15)16-5-1-3-13-11-14(4-2-10-23)22-17(13)16/h1,3,5-9,11,22-23H,2,4,10H2. The van der Waals surface area contributed by atoms with Gasteiger partial charge in [0, 0.05) is 23.3 Å². The number of fused-ring (bicyclic) bond motifs is 1. The Bertz CT molecular complexity index is 822. The summed E-state index contributed by atoms with van der Waals surface area (Å²) in [4.78, 5) is 3.33. The summed E-state index contributed by atoms with van der Waals surface area (Å²) in [5, 5.41) is 9.96. The van der Waals surface area contributed by atoms with Gasteiger partial charge in [-0.05, 0) is 36.6 Å². The van der Waals surface area contributed by atoms with E-state index in [0.29, 0.717) is 6.42 Å². The molecule has 0 amide bonds. The van der Waals surface area contributed by atoms with Crippen LogP contribution >= 0.6 is 0 Å². The van der Waals surface area contributed by atoms with Crippen LogP contribution in [0.25, 0.3) is 22.0 Å². The predicted octanol–water partition coefficient (Wildman–Crippen LogP) is 4.66. The van der Waals surface area contributed by atoms with Gasteiger partial charge < -0.3 is 14.8 Å². The fourth-order valence-electron chi connectivity index (χ4n) is 2.70. The molecule has 0 fully saturated rings. The third-order valence-corrected chi connectivity index (χ3v) is 3.72. The minimum Gasteiger partial charge on any atom is -0.406 e. The fraction of sp³-hybridized carbons (Fsp3) is 0.222. The number of rotatable bonds is 5. The third-order valence-electron chi connectivity index (χ3n) is 3.72. The summed E-state index contributed by atoms with van der Waals surface area (Å²) in [6.07, 6.45) is -3.28. The van der Waals surface area contributed by atoms with Gasteiger partial charge in [-0.2, -0.15) is 0 Å². The SMILES string of the molecule is OCCCc1cc2cccc(-c3ccc(OC(F)(F)F)cc3)c2[nH]1. The van der Waals surface area contributed by atoms with Crippen molar-refractivity contribution in [3.8, 4) is 16.9 Å². The summed E-state index contributed by atoms with van der Waals surface area (Å²) in [6.45, 7) is 0.128. The van der Waals surface area contributed by atoms with Crippen LogP contribution in [0, 0.1) is 0 Å². The highest BCUT2D eigenvalue weighted by molar-refractivity contribution is 5.94. The Morgan fingerprint density at radius 2 is 1.79 bits per heavy atom. The molecule has 6 heteroatoms. The first kappa shape index (κ1) is 16.4. The number of ether oxygens (including phenoxy) is 1. The summed E-state index contributed by atoms with van der Waals surface area (Å²) in [6, 6.07) is 13.6. The lowest BCUT2D eigenvalue weighted by Gasteiger charge is -2.09. The first-order chi connectivity index (χ1) is 11.5. The van der Waals surface area contributed by atoms with E-state index >= 15 is 0 Å². The minimum atomic E-state index is -4.69. The number of aromatic nitrogens is 1. The first-order valence-corrected chi connectivity index (χ1v) is 7.54. The molecule has 0 aliphatic heterocycles. The van der Waals surface area contributed by atoms with Crippen LogP contribution in [-0.4, -0.2) is 23.1 Å². The molecule has 0 saturated heterocycles. The molecule has 0 radical (unpaired) electrons. The number of para-hydroxylation sites is 1. The number of benzene rings is 2. The molecule has 3 aromatic rings. The Kier molecular flexibility index (Phi) is 4.49. The number of hydrogen-bond acceptors (Lipinski definition) is 2. The van der Waals surface area contributed by atoms with Crippen molar-refractivity contribution in [3.63, 3.8) is 0 Å². The smallest absolute Gasteiger partial charge is 0.406 e. The molecule has 1 heterocycles. The lowest BCUT2D eigenvalue weighted by atomic mass is 10.0. The maximum absolute atomic E-state index is 12.2. The van der Waals surface area contributed by atoms with Gasteiger partial charge in [-0.3, -0.25) is 0 Å². The summed E-state index contributed by atoms with van der Waals surface area (Å²) >= 11 is 0. The number of aliphatic hydroxyl groups excluding tert-OH is 1. The number of aromatic amines is 1. The van der Waals surface area contributed by atoms with Crippen molar-refractivity contribution in [1.29, 1.82) is 0 Å². The van der Waals surface area contributed by atoms with Crippen LogP contribution in [0.15, 0.2) is 48.5 Å². The van der Waals surface area contributed by atoms with Gasteiger partial charge in [0.2, 0.25) is 0 Å². The van der Waals surface area contributed by atoms with Gasteiger partial charge in [-0.15, -0.1) is 13.2 Å². The number of nitrogens with one attached hydrogen (secondary N) is 1. The molecule has 0 atom stereocenters. The Hall–Kier alpha value is -2.47. The van der Waals surface area contributed by atoms with Crippen LogP contribution in [0.5, 0.6) is 5.75 Å². The number of aliphatic hydroxyl groups is 1. The average molecular weight is 335 g/mol. The van der Waals surface area contributed by atoms with Crippen LogP contribution in [0.1, 0.15) is 12.1 Å². The normalized spacial score (nSPS) is 11.8. The highest BCUT2D eigenvalue weighted by Gasteiger charge is 2.30. The van der Waals surface area contributed by atoms with E-state index < -0.39 is 6.36 Å². The number of H-pyrrole nitrogens is 1. The molecule has 3 nitrogen and oxygen atoms in total. The van der Waals surface area contributed by atoms with Crippen LogP contribution in [0.2, 0.25) is 0 Å². The predicted molar refractivity (Wildman–Crippen MR) is 85.8 cm³/mol. The lowest BCUT2D eigenvalue weighted by molar-refractivity contribution is -0.274. The fourth-order valence-corrected chi connectivity index (χ4v) is 2.70. The van der Waals surface area contributed by atoms with E-state index in [1.807, 2.05) is 24.3 Å². The monoisotopic (exact) mass is 335 g/mol. The highest BCUT2D eigenvalue weighted by Crippen LogP contribution is 2.31. The van der Waals surface area contributed by atoms with Crippen molar-refractivity contribution in [1.82, 2.24) is 4.98 Å². The van der Waals surface area contributed by atoms with Gasteiger partial charge >= 0.3 is 6.36 Å². The highest BCUT2D eigenvalue weighted by atomic mass is 19.4. The van der Waals surface area contributed by atoms with Crippen molar-refractivity contribution in [2.75, 3.05) is 6.61 Å². The molecule has 0 saturated carbocycles. The molecule has 0 unspecified atom stereocenters. The van der Waals surface area contributed by atoms with E-state index in [4.69, 9.17) is 5.11 Å². The van der Waals surface area contributed by atoms with Gasteiger partial charge in [-0.1, -0.05) is 30.3 Å². The second-order valence-corrected chi connectivity index (χ2v) is 5.46. The molecule has 0 aliphatic rings. The summed E-state index contributed by atoms with van der Waals surface area (Å²) in [7, 11) is 0. The summed E-state index contributed by atoms with van der Waals surface area (Å²) in [5.41, 5.74) is 3.64. The molecule has 24 heavy (non-hydrogen) atoms. The maximum atomic E-state index is 12.2. The Labute approximate surface area is 136 Å². The quantitative estimate of drug-likeness (QED) is 0.712. The van der Waals surface area contributed by atoms with Crippen LogP contribution in [0.3, 0.4) is 0 Å². The van der Waals surface area contributed by atoms with E-state index in [1.165, 1.54) is 12.1 Å². The largest absolute Gasteiger partial charge is 0.573 e. The molecular weight excluding hydrogens is 319 g/mol. The van der Waals surface area contributed by atoms with Gasteiger partial charge in [0.25, 0.3) is 0 Å². The number of aryl methyl sites for hydroxylation is 1. The molecule has 126 valence electrons. The van der Waals surface area contributed by atoms with Gasteiger partial charge in [0.15, 0.2) is 0 Å². The number of alkyl halides is 3. The van der Waals surface area contributed by atoms with Crippen molar-refractivity contribution in [3.05, 3.63) is 54.2 Å². The van der Waals surface area contributed by atoms with E-state index in [0.717, 1.165) is 34.1 Å². The molecule has 0 bridgehead atoms. The zero-order chi connectivity index (χ0) is 17.2. The number of halogens is 3. The zero-order valence-electron chi connectivity index (χ0n) is 12.7. The molecule has 3 rings (SSSR count). The molecule has 2 aromatic carbocycles. The van der Waals surface area contributed by atoms with E-state index in [2.05, 4.69) is 9.72 Å². The van der Waals surface area contributed by atoms with Crippen molar-refractivity contribution in [2.24, 2.45) is 0 Å². The topological polar surface area (TPSA) is 45.2 Å². The average Bonchev–Trinajstić information content (AvgIpc) is 2.95. The Morgan fingerprint density at radius 3 is 2.46 bits per heavy atom. The second-order valence-electron chi connectivity index (χ2n) is 5.46. The molecular formula is C18H16F3NO2. The third kappa shape index (κ3) is 3.71. The maximum Gasteiger partial charge on any atom is 0.573 e. The van der Waals surface area contributed by atoms with Crippen molar-refractivity contribution in [2.45, 2.75) is 19.2 Å². The molecule has 1 aromatic heterocycles. The Balaban J connectivity index is 1.92. The van der Waals surface area contributed by atoms with Crippen LogP contribution in [-0.2, 0) is 6.42 Å². The Morgan fingerprint density at radius 1 is 1.04 bits per heavy atom.